The molecule has 2 saturated carbocycles. The van der Waals surface area contributed by atoms with Crippen molar-refractivity contribution in [2.45, 2.75) is 166 Å². The first-order valence-corrected chi connectivity index (χ1v) is 25.7. The van der Waals surface area contributed by atoms with Gasteiger partial charge in [0.1, 0.15) is 29.4 Å². The molecule has 0 aromatic carbocycles. The third kappa shape index (κ3) is 22.7. The maximum absolute atomic E-state index is 13.6. The van der Waals surface area contributed by atoms with Crippen LogP contribution >= 0.6 is 12.4 Å². The van der Waals surface area contributed by atoms with Crippen molar-refractivity contribution in [3.63, 3.8) is 0 Å². The van der Waals surface area contributed by atoms with E-state index in [4.69, 9.17) is 33.5 Å². The minimum absolute atomic E-state index is 0. The number of β-amino-alcohol motifs (C(OH)–C–C–N with tert-alkyl or cyclic N) is 2. The first-order valence-electron chi connectivity index (χ1n) is 25.7. The molecule has 2 aliphatic heterocycles. The van der Waals surface area contributed by atoms with Crippen LogP contribution in [0, 0.1) is 29.7 Å². The van der Waals surface area contributed by atoms with Crippen molar-refractivity contribution in [3.8, 4) is 0 Å². The molecule has 0 spiro atoms. The number of nitrogens with one attached hydrogen (secondary N) is 3. The summed E-state index contributed by atoms with van der Waals surface area (Å²) in [6, 6.07) is -1.45. The number of carbonyl (C=O) groups is 8. The summed E-state index contributed by atoms with van der Waals surface area (Å²) in [5, 5.41) is 37.2. The van der Waals surface area contributed by atoms with Crippen molar-refractivity contribution in [1.29, 1.82) is 0 Å². The van der Waals surface area contributed by atoms with Crippen LogP contribution in [0.4, 0.5) is 0 Å². The van der Waals surface area contributed by atoms with E-state index in [9.17, 15) is 48.6 Å². The molecule has 0 aromatic rings. The summed E-state index contributed by atoms with van der Waals surface area (Å²) >= 11 is 0. The van der Waals surface area contributed by atoms with Gasteiger partial charge in [0.25, 0.3) is 0 Å². The highest BCUT2D eigenvalue weighted by molar-refractivity contribution is 5.96. The number of aliphatic hydroxyl groups is 2. The predicted octanol–water partition coefficient (Wildman–Crippen LogP) is 3.86. The molecule has 2 aliphatic carbocycles. The maximum Gasteiger partial charge on any atom is 0.337 e. The normalized spacial score (nSPS) is 24.8. The lowest BCUT2D eigenvalue weighted by molar-refractivity contribution is -0.160. The Labute approximate surface area is 454 Å². The zero-order valence-corrected chi connectivity index (χ0v) is 46.6. The van der Waals surface area contributed by atoms with E-state index in [1.807, 2.05) is 0 Å². The summed E-state index contributed by atoms with van der Waals surface area (Å²) in [6.07, 6.45) is 8.92. The van der Waals surface area contributed by atoms with Gasteiger partial charge >= 0.3 is 29.8 Å². The van der Waals surface area contributed by atoms with Crippen molar-refractivity contribution in [3.05, 3.63) is 50.6 Å². The van der Waals surface area contributed by atoms with E-state index >= 15 is 0 Å². The Morgan fingerprint density at radius 3 is 1.67 bits per heavy atom. The molecule has 0 unspecified atom stereocenters. The summed E-state index contributed by atoms with van der Waals surface area (Å²) in [7, 11) is 0. The molecule has 0 aromatic heterocycles. The zero-order chi connectivity index (χ0) is 56.7. The highest BCUT2D eigenvalue weighted by Crippen LogP contribution is 2.46. The van der Waals surface area contributed by atoms with Crippen LogP contribution in [0.15, 0.2) is 44.5 Å². The Bertz CT molecular complexity index is 1990. The number of aliphatic hydroxyl groups excluding tert-OH is 2. The third-order valence-corrected chi connectivity index (χ3v) is 12.3. The van der Waals surface area contributed by atoms with E-state index in [1.165, 1.54) is 4.90 Å². The van der Waals surface area contributed by atoms with Gasteiger partial charge < -0.3 is 64.6 Å². The number of halogens is 1. The van der Waals surface area contributed by atoms with Crippen molar-refractivity contribution < 1.29 is 82.1 Å². The Morgan fingerprint density at radius 2 is 1.25 bits per heavy atom. The monoisotopic (exact) mass is 1100 g/mol. The first-order chi connectivity index (χ1) is 35.2. The molecular formula is C54H86ClN4O17+. The van der Waals surface area contributed by atoms with E-state index in [2.05, 4.69) is 48.3 Å². The summed E-state index contributed by atoms with van der Waals surface area (Å²) < 4.78 is 31.3. The molecule has 0 radical (unpaired) electrons. The Morgan fingerprint density at radius 1 is 0.750 bits per heavy atom. The number of likely N-dealkylation sites (tertiary alicyclic amines) is 1. The summed E-state index contributed by atoms with van der Waals surface area (Å²) in [5.74, 6) is -6.19. The second-order valence-electron chi connectivity index (χ2n) is 20.9. The van der Waals surface area contributed by atoms with Crippen LogP contribution in [0.2, 0.25) is 0 Å². The number of hydrogen-bond donors (Lipinski definition) is 6. The van der Waals surface area contributed by atoms with Crippen molar-refractivity contribution >= 4 is 60.0 Å². The number of carbonyl (C=O) groups excluding carboxylic acids is 7. The van der Waals surface area contributed by atoms with Gasteiger partial charge in [-0.15, -0.1) is 32.1 Å². The number of esters is 4. The molecule has 3 amide bonds. The first kappa shape index (κ1) is 68.7. The van der Waals surface area contributed by atoms with E-state index in [0.717, 1.165) is 0 Å². The zero-order valence-electron chi connectivity index (χ0n) is 45.8. The minimum Gasteiger partial charge on any atom is -0.481 e. The molecule has 76 heavy (non-hydrogen) atoms. The number of carboxylic acids is 1. The molecule has 10 atom stereocenters. The van der Waals surface area contributed by atoms with E-state index in [1.54, 1.807) is 73.6 Å². The lowest BCUT2D eigenvalue weighted by Crippen LogP contribution is -2.54. The number of carboxylic acid groups (broad SMARTS) is 1. The topological polar surface area (TPSA) is 292 Å². The molecular weight excluding hydrogens is 1010 g/mol. The standard InChI is InChI=1S/C27H42N2O8.C14H24O5.C13H18N2O4.ClH/c1-7-12-35-13-10-11-18(14-22(31)37-26(4,5)6)24(33)29-17-20(30)15-21(29)23(32)28-27(16-19(27)8-2)25(34)36-9-3;1-5-8-18-9-6-7-11(13(16)17)10-12(15)19-14(2,3)4;1-3-8-6-13(8,12(18)19-4-2)15-11(17)10-5-9(16)7-14-10;/h7-8,18-21,30H,1-2,9-17H2,3-6H3,(H,28,32);5,11H,1,6-10H2,2-4H3,(H,16,17);8-10,14,16H,1,4-7H2,2H3;1H/p+1/t18-,19-,20-,21+,27-;11-;8-,9-,10+,13-;/m111./s1. The SMILES string of the molecule is C=CCOCCC[C@H](CC(=O)OC(C)(C)C)C(=O)N1C[C@H](O)C[C@H]1C(=O)N[C@]1(C(=O)OCC)C[C@H]1C=C.C=CCOCCC[C@H](CC(=O)OC(C)(C)C)C(=O)O.C=[C+][C@@H]1C[C@]1(NC(=O)[C@@H]1C[C@@H](O)CN1)C(=O)OCC.Cl. The Hall–Kier alpha value is -5.28. The molecule has 2 saturated heterocycles. The predicted molar refractivity (Wildman–Crippen MR) is 282 cm³/mol. The van der Waals surface area contributed by atoms with Crippen molar-refractivity contribution in [2.24, 2.45) is 23.7 Å². The van der Waals surface area contributed by atoms with Crippen LogP contribution in [-0.2, 0) is 66.8 Å². The third-order valence-electron chi connectivity index (χ3n) is 12.3. The van der Waals surface area contributed by atoms with Gasteiger partial charge in [0.2, 0.25) is 29.7 Å². The largest absolute Gasteiger partial charge is 0.481 e. The van der Waals surface area contributed by atoms with Gasteiger partial charge in [0.05, 0.1) is 63.4 Å². The average molecular weight is 1100 g/mol. The quantitative estimate of drug-likeness (QED) is 0.0213. The van der Waals surface area contributed by atoms with Crippen molar-refractivity contribution in [2.75, 3.05) is 52.7 Å². The number of hydrogen-bond acceptors (Lipinski definition) is 17. The molecule has 4 fully saturated rings. The van der Waals surface area contributed by atoms with Crippen LogP contribution in [-0.4, -0.2) is 167 Å². The Kier molecular flexibility index (Phi) is 29.4. The van der Waals surface area contributed by atoms with Gasteiger partial charge in [-0.2, -0.15) is 0 Å². The van der Waals surface area contributed by atoms with Gasteiger partial charge in [-0.1, -0.05) is 18.2 Å². The lowest BCUT2D eigenvalue weighted by atomic mass is 9.97. The number of nitrogens with zero attached hydrogens (tertiary/aromatic N) is 1. The summed E-state index contributed by atoms with van der Waals surface area (Å²) in [6.45, 7) is 30.7. The molecule has 4 rings (SSSR count). The fraction of sp³-hybridized carbons (Fsp3) is 0.704. The van der Waals surface area contributed by atoms with Gasteiger partial charge in [0, 0.05) is 51.0 Å². The fourth-order valence-corrected chi connectivity index (χ4v) is 8.50. The highest BCUT2D eigenvalue weighted by Gasteiger charge is 2.69. The number of amides is 3. The van der Waals surface area contributed by atoms with E-state index < -0.39 is 100 Å². The smallest absolute Gasteiger partial charge is 0.337 e. The number of aliphatic carboxylic acids is 1. The van der Waals surface area contributed by atoms with Gasteiger partial charge in [-0.25, -0.2) is 9.59 Å². The summed E-state index contributed by atoms with van der Waals surface area (Å²) in [4.78, 5) is 100. The molecule has 430 valence electrons. The number of rotatable bonds is 28. The molecule has 4 aliphatic rings. The van der Waals surface area contributed by atoms with E-state index in [0.29, 0.717) is 77.9 Å². The van der Waals surface area contributed by atoms with Gasteiger partial charge in [0.15, 0.2) is 5.54 Å². The van der Waals surface area contributed by atoms with Crippen molar-refractivity contribution in [1.82, 2.24) is 20.9 Å². The average Bonchev–Trinajstić information content (AvgIpc) is 4.11. The van der Waals surface area contributed by atoms with E-state index in [-0.39, 0.29) is 69.2 Å². The number of ether oxygens (including phenoxy) is 6. The maximum atomic E-state index is 13.6. The van der Waals surface area contributed by atoms with Crippen LogP contribution in [0.1, 0.15) is 120 Å². The summed E-state index contributed by atoms with van der Waals surface area (Å²) in [5.41, 5.74) is -3.52. The fourth-order valence-electron chi connectivity index (χ4n) is 8.50. The van der Waals surface area contributed by atoms with Crippen LogP contribution < -0.4 is 16.0 Å². The molecule has 22 heteroatoms. The van der Waals surface area contributed by atoms with Crippen LogP contribution in [0.25, 0.3) is 0 Å². The second-order valence-corrected chi connectivity index (χ2v) is 20.9. The van der Waals surface area contributed by atoms with Crippen LogP contribution in [0.3, 0.4) is 0 Å². The Balaban J connectivity index is 0.000000624. The molecule has 0 bridgehead atoms. The second kappa shape index (κ2) is 32.5. The molecule has 2 heterocycles. The lowest BCUT2D eigenvalue weighted by Gasteiger charge is -2.29. The molecule has 6 N–H and O–H groups in total. The van der Waals surface area contributed by atoms with Gasteiger partial charge in [-0.05, 0) is 93.9 Å². The molecule has 21 nitrogen and oxygen atoms in total. The van der Waals surface area contributed by atoms with Gasteiger partial charge in [-0.3, -0.25) is 28.8 Å². The van der Waals surface area contributed by atoms with Crippen LogP contribution in [0.5, 0.6) is 0 Å². The minimum atomic E-state index is -1.21. The highest BCUT2D eigenvalue weighted by atomic mass is 35.5.